The zero-order valence-electron chi connectivity index (χ0n) is 14.8. The van der Waals surface area contributed by atoms with E-state index in [9.17, 15) is 18.0 Å². The Morgan fingerprint density at radius 1 is 1.27 bits per heavy atom. The highest BCUT2D eigenvalue weighted by atomic mass is 32.2. The Bertz CT molecular complexity index is 768. The van der Waals surface area contributed by atoms with Gasteiger partial charge < -0.3 is 9.80 Å². The van der Waals surface area contributed by atoms with Crippen LogP contribution in [0.3, 0.4) is 0 Å². The molecule has 0 saturated carbocycles. The number of hydrogen-bond acceptors (Lipinski definition) is 5. The molecule has 3 aliphatic rings. The largest absolute Gasteiger partial charge is 0.338 e. The lowest BCUT2D eigenvalue weighted by molar-refractivity contribution is -0.135. The van der Waals surface area contributed by atoms with Gasteiger partial charge in [-0.25, -0.2) is 13.1 Å². The third kappa shape index (κ3) is 4.59. The van der Waals surface area contributed by atoms with Gasteiger partial charge in [-0.05, 0) is 30.9 Å². The molecule has 2 bridgehead atoms. The lowest BCUT2D eigenvalue weighted by Crippen LogP contribution is -2.48. The molecule has 0 aliphatic carbocycles. The standard InChI is InChI=1S/C17H24N4O4S/c1-26(24,25)19-8-6-16(22)21-11-13-4-5-15(21)12-20(10-13)17(23)14-3-2-7-18-9-14/h2-3,7,9,13,15,19H,4-6,8,10-12H2,1H3. The summed E-state index contributed by atoms with van der Waals surface area (Å²) in [4.78, 5) is 32.9. The number of hydrogen-bond donors (Lipinski definition) is 1. The van der Waals surface area contributed by atoms with E-state index in [-0.39, 0.29) is 36.7 Å². The number of piperidine rings is 1. The number of amides is 2. The van der Waals surface area contributed by atoms with Crippen LogP contribution in [0.2, 0.25) is 0 Å². The lowest BCUT2D eigenvalue weighted by Gasteiger charge is -2.36. The SMILES string of the molecule is CS(=O)(=O)NCCC(=O)N1CC2CCC1CN(C(=O)c1cccnc1)C2. The summed E-state index contributed by atoms with van der Waals surface area (Å²) < 4.78 is 24.6. The predicted octanol–water partition coefficient (Wildman–Crippen LogP) is 0.0839. The van der Waals surface area contributed by atoms with Gasteiger partial charge in [0.1, 0.15) is 0 Å². The van der Waals surface area contributed by atoms with Crippen LogP contribution < -0.4 is 4.72 Å². The Morgan fingerprint density at radius 2 is 2.08 bits per heavy atom. The van der Waals surface area contributed by atoms with Crippen molar-refractivity contribution in [3.05, 3.63) is 30.1 Å². The first-order chi connectivity index (χ1) is 12.3. The second kappa shape index (κ2) is 7.71. The van der Waals surface area contributed by atoms with Crippen LogP contribution in [0.25, 0.3) is 0 Å². The third-order valence-electron chi connectivity index (χ3n) is 4.93. The Labute approximate surface area is 153 Å². The highest BCUT2D eigenvalue weighted by molar-refractivity contribution is 7.88. The van der Waals surface area contributed by atoms with Gasteiger partial charge in [0.2, 0.25) is 15.9 Å². The van der Waals surface area contributed by atoms with E-state index >= 15 is 0 Å². The Kier molecular flexibility index (Phi) is 5.57. The second-order valence-corrected chi connectivity index (χ2v) is 8.84. The summed E-state index contributed by atoms with van der Waals surface area (Å²) in [5.41, 5.74) is 0.559. The Hall–Kier alpha value is -2.00. The zero-order valence-corrected chi connectivity index (χ0v) is 15.6. The average Bonchev–Trinajstić information content (AvgIpc) is 2.92. The molecule has 4 heterocycles. The summed E-state index contributed by atoms with van der Waals surface area (Å²) in [5.74, 6) is 0.135. The molecule has 2 amide bonds. The monoisotopic (exact) mass is 380 g/mol. The minimum Gasteiger partial charge on any atom is -0.338 e. The van der Waals surface area contributed by atoms with Crippen LogP contribution in [0.5, 0.6) is 0 Å². The Morgan fingerprint density at radius 3 is 2.77 bits per heavy atom. The molecule has 1 N–H and O–H groups in total. The first-order valence-electron chi connectivity index (χ1n) is 8.77. The molecule has 3 saturated heterocycles. The summed E-state index contributed by atoms with van der Waals surface area (Å²) in [6.07, 6.45) is 6.27. The first kappa shape index (κ1) is 18.8. The molecule has 0 spiro atoms. The molecule has 2 unspecified atom stereocenters. The fourth-order valence-electron chi connectivity index (χ4n) is 3.71. The van der Waals surface area contributed by atoms with Crippen LogP contribution in [0.4, 0.5) is 0 Å². The number of carbonyl (C=O) groups excluding carboxylic acids is 2. The van der Waals surface area contributed by atoms with Crippen LogP contribution >= 0.6 is 0 Å². The predicted molar refractivity (Wildman–Crippen MR) is 95.8 cm³/mol. The molecule has 3 fully saturated rings. The van der Waals surface area contributed by atoms with Crippen LogP contribution in [0, 0.1) is 5.92 Å². The van der Waals surface area contributed by atoms with E-state index in [0.717, 1.165) is 19.1 Å². The molecule has 1 aromatic rings. The molecule has 26 heavy (non-hydrogen) atoms. The number of nitrogens with one attached hydrogen (secondary N) is 1. The van der Waals surface area contributed by atoms with E-state index in [1.807, 2.05) is 9.80 Å². The van der Waals surface area contributed by atoms with Crippen LogP contribution in [0.15, 0.2) is 24.5 Å². The van der Waals surface area contributed by atoms with E-state index in [1.165, 1.54) is 0 Å². The van der Waals surface area contributed by atoms with Crippen molar-refractivity contribution in [1.29, 1.82) is 0 Å². The maximum atomic E-state index is 12.7. The number of fused-ring (bicyclic) bond motifs is 4. The van der Waals surface area contributed by atoms with E-state index < -0.39 is 10.0 Å². The quantitative estimate of drug-likeness (QED) is 0.780. The van der Waals surface area contributed by atoms with E-state index in [0.29, 0.717) is 25.2 Å². The van der Waals surface area contributed by atoms with Gasteiger partial charge in [0.05, 0.1) is 11.8 Å². The molecular weight excluding hydrogens is 356 g/mol. The molecule has 3 aliphatic heterocycles. The molecule has 4 rings (SSSR count). The number of pyridine rings is 1. The van der Waals surface area contributed by atoms with Crippen LogP contribution in [0.1, 0.15) is 29.6 Å². The summed E-state index contributed by atoms with van der Waals surface area (Å²) in [7, 11) is -3.30. The van der Waals surface area contributed by atoms with Crippen LogP contribution in [-0.4, -0.2) is 73.5 Å². The highest BCUT2D eigenvalue weighted by Crippen LogP contribution is 2.29. The van der Waals surface area contributed by atoms with Gasteiger partial charge in [0, 0.05) is 51.0 Å². The van der Waals surface area contributed by atoms with Crippen molar-refractivity contribution in [3.63, 3.8) is 0 Å². The Balaban J connectivity index is 1.64. The first-order valence-corrected chi connectivity index (χ1v) is 10.7. The summed E-state index contributed by atoms with van der Waals surface area (Å²) >= 11 is 0. The van der Waals surface area contributed by atoms with Crippen LogP contribution in [-0.2, 0) is 14.8 Å². The second-order valence-electron chi connectivity index (χ2n) is 7.01. The smallest absolute Gasteiger partial charge is 0.255 e. The summed E-state index contributed by atoms with van der Waals surface area (Å²) in [5, 5.41) is 0. The zero-order chi connectivity index (χ0) is 18.7. The molecule has 8 nitrogen and oxygen atoms in total. The van der Waals surface area contributed by atoms with E-state index in [4.69, 9.17) is 0 Å². The average molecular weight is 380 g/mol. The summed E-state index contributed by atoms with van der Waals surface area (Å²) in [6.45, 7) is 1.87. The molecule has 0 radical (unpaired) electrons. The number of carbonyl (C=O) groups is 2. The maximum absolute atomic E-state index is 12.7. The fraction of sp³-hybridized carbons (Fsp3) is 0.588. The molecule has 2 atom stereocenters. The molecule has 9 heteroatoms. The molecule has 1 aromatic heterocycles. The van der Waals surface area contributed by atoms with Gasteiger partial charge in [-0.2, -0.15) is 0 Å². The molecular formula is C17H24N4O4S. The van der Waals surface area contributed by atoms with Gasteiger partial charge in [0.25, 0.3) is 5.91 Å². The van der Waals surface area contributed by atoms with Crippen molar-refractivity contribution in [2.24, 2.45) is 5.92 Å². The van der Waals surface area contributed by atoms with E-state index in [2.05, 4.69) is 9.71 Å². The van der Waals surface area contributed by atoms with E-state index in [1.54, 1.807) is 24.5 Å². The maximum Gasteiger partial charge on any atom is 0.255 e. The van der Waals surface area contributed by atoms with Crippen molar-refractivity contribution in [2.75, 3.05) is 32.4 Å². The third-order valence-corrected chi connectivity index (χ3v) is 5.66. The highest BCUT2D eigenvalue weighted by Gasteiger charge is 2.38. The van der Waals surface area contributed by atoms with Gasteiger partial charge in [0.15, 0.2) is 0 Å². The van der Waals surface area contributed by atoms with Crippen molar-refractivity contribution in [2.45, 2.75) is 25.3 Å². The number of aromatic nitrogens is 1. The lowest BCUT2D eigenvalue weighted by atomic mass is 9.95. The number of sulfonamides is 1. The van der Waals surface area contributed by atoms with Crippen molar-refractivity contribution in [3.8, 4) is 0 Å². The fourth-order valence-corrected chi connectivity index (χ4v) is 4.18. The van der Waals surface area contributed by atoms with Crippen molar-refractivity contribution >= 4 is 21.8 Å². The number of nitrogens with zero attached hydrogens (tertiary/aromatic N) is 3. The van der Waals surface area contributed by atoms with Crippen molar-refractivity contribution in [1.82, 2.24) is 19.5 Å². The summed E-state index contributed by atoms with van der Waals surface area (Å²) in [6, 6.07) is 3.48. The van der Waals surface area contributed by atoms with Gasteiger partial charge >= 0.3 is 0 Å². The normalized spacial score (nSPS) is 23.0. The minimum absolute atomic E-state index is 0.0138. The minimum atomic E-state index is -3.30. The topological polar surface area (TPSA) is 99.7 Å². The molecule has 0 aromatic carbocycles. The van der Waals surface area contributed by atoms with Gasteiger partial charge in [-0.1, -0.05) is 0 Å². The van der Waals surface area contributed by atoms with Gasteiger partial charge in [-0.15, -0.1) is 0 Å². The molecule has 142 valence electrons. The van der Waals surface area contributed by atoms with Gasteiger partial charge in [-0.3, -0.25) is 14.6 Å². The number of rotatable bonds is 5. The van der Waals surface area contributed by atoms with Crippen molar-refractivity contribution < 1.29 is 18.0 Å².